The van der Waals surface area contributed by atoms with Crippen LogP contribution in [0.1, 0.15) is 5.56 Å². The molecule has 1 aromatic carbocycles. The molecule has 1 aromatic heterocycles. The number of hydrogen-bond acceptors (Lipinski definition) is 4. The van der Waals surface area contributed by atoms with E-state index in [1.807, 2.05) is 0 Å². The standard InChI is InChI=1S/C11H8F2N2O2/c12-8-2-1-3-9(10(8)13)17-11-14-4-7(6-16)5-15-11/h1-5,16H,6H2. The molecule has 1 heterocycles. The topological polar surface area (TPSA) is 55.2 Å². The number of benzene rings is 1. The normalized spacial score (nSPS) is 10.3. The van der Waals surface area contributed by atoms with E-state index in [1.54, 1.807) is 0 Å². The monoisotopic (exact) mass is 238 g/mol. The Bertz CT molecular complexity index is 517. The van der Waals surface area contributed by atoms with Gasteiger partial charge in [-0.2, -0.15) is 4.39 Å². The van der Waals surface area contributed by atoms with E-state index >= 15 is 0 Å². The van der Waals surface area contributed by atoms with Crippen molar-refractivity contribution < 1.29 is 18.6 Å². The molecular formula is C11H8F2N2O2. The predicted molar refractivity (Wildman–Crippen MR) is 54.4 cm³/mol. The van der Waals surface area contributed by atoms with Crippen LogP contribution in [-0.4, -0.2) is 15.1 Å². The van der Waals surface area contributed by atoms with Crippen molar-refractivity contribution in [1.82, 2.24) is 9.97 Å². The summed E-state index contributed by atoms with van der Waals surface area (Å²) in [7, 11) is 0. The minimum atomic E-state index is -1.10. The largest absolute Gasteiger partial charge is 0.421 e. The number of ether oxygens (including phenoxy) is 1. The lowest BCUT2D eigenvalue weighted by Gasteiger charge is -2.05. The highest BCUT2D eigenvalue weighted by Gasteiger charge is 2.10. The maximum Gasteiger partial charge on any atom is 0.321 e. The van der Waals surface area contributed by atoms with Gasteiger partial charge in [-0.25, -0.2) is 14.4 Å². The van der Waals surface area contributed by atoms with E-state index in [9.17, 15) is 8.78 Å². The van der Waals surface area contributed by atoms with E-state index in [-0.39, 0.29) is 18.4 Å². The molecule has 0 fully saturated rings. The van der Waals surface area contributed by atoms with Crippen molar-refractivity contribution in [2.75, 3.05) is 0 Å². The van der Waals surface area contributed by atoms with Crippen LogP contribution in [0.25, 0.3) is 0 Å². The maximum atomic E-state index is 13.2. The highest BCUT2D eigenvalue weighted by molar-refractivity contribution is 5.27. The number of rotatable bonds is 3. The summed E-state index contributed by atoms with van der Waals surface area (Å²) in [4.78, 5) is 7.47. The Kier molecular flexibility index (Phi) is 3.24. The highest BCUT2D eigenvalue weighted by Crippen LogP contribution is 2.23. The third-order valence-corrected chi connectivity index (χ3v) is 1.98. The first kappa shape index (κ1) is 11.4. The van der Waals surface area contributed by atoms with E-state index in [0.717, 1.165) is 6.07 Å². The van der Waals surface area contributed by atoms with Crippen molar-refractivity contribution in [3.63, 3.8) is 0 Å². The van der Waals surface area contributed by atoms with Crippen molar-refractivity contribution in [2.45, 2.75) is 6.61 Å². The van der Waals surface area contributed by atoms with Gasteiger partial charge in [0.1, 0.15) is 0 Å². The van der Waals surface area contributed by atoms with Gasteiger partial charge in [-0.05, 0) is 12.1 Å². The smallest absolute Gasteiger partial charge is 0.321 e. The minimum absolute atomic E-state index is 0.119. The summed E-state index contributed by atoms with van der Waals surface area (Å²) in [5.41, 5.74) is 0.497. The highest BCUT2D eigenvalue weighted by atomic mass is 19.2. The lowest BCUT2D eigenvalue weighted by molar-refractivity contribution is 0.280. The molecule has 2 aromatic rings. The zero-order valence-corrected chi connectivity index (χ0v) is 8.60. The van der Waals surface area contributed by atoms with Crippen LogP contribution in [-0.2, 0) is 6.61 Å². The summed E-state index contributed by atoms with van der Waals surface area (Å²) in [6.45, 7) is -0.200. The van der Waals surface area contributed by atoms with Gasteiger partial charge in [-0.15, -0.1) is 0 Å². The molecular weight excluding hydrogens is 230 g/mol. The third kappa shape index (κ3) is 2.54. The van der Waals surface area contributed by atoms with Crippen molar-refractivity contribution in [3.05, 3.63) is 47.8 Å². The molecule has 0 unspecified atom stereocenters. The van der Waals surface area contributed by atoms with Crippen LogP contribution in [0.3, 0.4) is 0 Å². The summed E-state index contributed by atoms with van der Waals surface area (Å²) in [6, 6.07) is 3.45. The quantitative estimate of drug-likeness (QED) is 0.889. The Labute approximate surface area is 95.5 Å². The molecule has 88 valence electrons. The average Bonchev–Trinajstić information content (AvgIpc) is 2.36. The zero-order valence-electron chi connectivity index (χ0n) is 8.60. The van der Waals surface area contributed by atoms with E-state index in [1.165, 1.54) is 24.5 Å². The first-order valence-corrected chi connectivity index (χ1v) is 4.74. The second-order valence-corrected chi connectivity index (χ2v) is 3.19. The summed E-state index contributed by atoms with van der Waals surface area (Å²) in [5, 5.41) is 8.77. The summed E-state index contributed by atoms with van der Waals surface area (Å²) < 4.78 is 31.1. The lowest BCUT2D eigenvalue weighted by atomic mass is 10.3. The Hall–Kier alpha value is -2.08. The average molecular weight is 238 g/mol. The molecule has 0 aliphatic rings. The Balaban J connectivity index is 2.22. The summed E-state index contributed by atoms with van der Waals surface area (Å²) in [6.07, 6.45) is 2.67. The van der Waals surface area contributed by atoms with Crippen molar-refractivity contribution in [3.8, 4) is 11.8 Å². The molecule has 17 heavy (non-hydrogen) atoms. The molecule has 0 aliphatic carbocycles. The van der Waals surface area contributed by atoms with E-state index < -0.39 is 11.6 Å². The van der Waals surface area contributed by atoms with Gasteiger partial charge in [0.25, 0.3) is 0 Å². The second kappa shape index (κ2) is 4.84. The SMILES string of the molecule is OCc1cnc(Oc2cccc(F)c2F)nc1. The first-order chi connectivity index (χ1) is 8.20. The van der Waals surface area contributed by atoms with Gasteiger partial charge in [-0.3, -0.25) is 0 Å². The molecule has 0 radical (unpaired) electrons. The van der Waals surface area contributed by atoms with Crippen LogP contribution in [0.2, 0.25) is 0 Å². The van der Waals surface area contributed by atoms with Crippen molar-refractivity contribution in [1.29, 1.82) is 0 Å². The molecule has 0 bridgehead atoms. The molecule has 0 saturated heterocycles. The fourth-order valence-corrected chi connectivity index (χ4v) is 1.14. The lowest BCUT2D eigenvalue weighted by Crippen LogP contribution is -1.96. The van der Waals surface area contributed by atoms with E-state index in [2.05, 4.69) is 9.97 Å². The van der Waals surface area contributed by atoms with E-state index in [0.29, 0.717) is 5.56 Å². The van der Waals surface area contributed by atoms with Crippen LogP contribution in [0, 0.1) is 11.6 Å². The van der Waals surface area contributed by atoms with Crippen molar-refractivity contribution >= 4 is 0 Å². The van der Waals surface area contributed by atoms with Gasteiger partial charge >= 0.3 is 6.01 Å². The van der Waals surface area contributed by atoms with Crippen LogP contribution in [0.15, 0.2) is 30.6 Å². The van der Waals surface area contributed by atoms with Crippen LogP contribution in [0.4, 0.5) is 8.78 Å². The number of aromatic nitrogens is 2. The fourth-order valence-electron chi connectivity index (χ4n) is 1.14. The Morgan fingerprint density at radius 3 is 2.53 bits per heavy atom. The first-order valence-electron chi connectivity index (χ1n) is 4.74. The van der Waals surface area contributed by atoms with Gasteiger partial charge in [-0.1, -0.05) is 6.07 Å². The zero-order chi connectivity index (χ0) is 12.3. The maximum absolute atomic E-state index is 13.2. The van der Waals surface area contributed by atoms with Crippen LogP contribution in [0.5, 0.6) is 11.8 Å². The van der Waals surface area contributed by atoms with Gasteiger partial charge in [0, 0.05) is 18.0 Å². The van der Waals surface area contributed by atoms with Crippen molar-refractivity contribution in [2.24, 2.45) is 0 Å². The Morgan fingerprint density at radius 2 is 1.88 bits per heavy atom. The van der Waals surface area contributed by atoms with Gasteiger partial charge in [0.2, 0.25) is 5.82 Å². The minimum Gasteiger partial charge on any atom is -0.421 e. The molecule has 2 rings (SSSR count). The second-order valence-electron chi connectivity index (χ2n) is 3.19. The Morgan fingerprint density at radius 1 is 1.18 bits per heavy atom. The van der Waals surface area contributed by atoms with Crippen LogP contribution >= 0.6 is 0 Å². The molecule has 4 nitrogen and oxygen atoms in total. The molecule has 6 heteroatoms. The number of halogens is 2. The third-order valence-electron chi connectivity index (χ3n) is 1.98. The summed E-state index contributed by atoms with van der Waals surface area (Å²) >= 11 is 0. The number of hydrogen-bond donors (Lipinski definition) is 1. The predicted octanol–water partition coefficient (Wildman–Crippen LogP) is 2.04. The molecule has 0 atom stereocenters. The molecule has 0 aliphatic heterocycles. The fraction of sp³-hybridized carbons (Fsp3) is 0.0909. The van der Waals surface area contributed by atoms with E-state index in [4.69, 9.17) is 9.84 Å². The summed E-state index contributed by atoms with van der Waals surface area (Å²) in [5.74, 6) is -2.39. The number of aliphatic hydroxyl groups excluding tert-OH is 1. The van der Waals surface area contributed by atoms with Gasteiger partial charge in [0.05, 0.1) is 6.61 Å². The number of nitrogens with zero attached hydrogens (tertiary/aromatic N) is 2. The van der Waals surface area contributed by atoms with Crippen LogP contribution < -0.4 is 4.74 Å². The number of aliphatic hydroxyl groups is 1. The molecule has 0 amide bonds. The molecule has 0 spiro atoms. The molecule has 1 N–H and O–H groups in total. The molecule has 0 saturated carbocycles. The van der Waals surface area contributed by atoms with Gasteiger partial charge < -0.3 is 9.84 Å². The van der Waals surface area contributed by atoms with Gasteiger partial charge in [0.15, 0.2) is 11.6 Å².